The van der Waals surface area contributed by atoms with E-state index >= 15 is 0 Å². The smallest absolute Gasteiger partial charge is 0.407 e. The fourth-order valence-corrected chi connectivity index (χ4v) is 2.41. The predicted octanol–water partition coefficient (Wildman–Crippen LogP) is 1.70. The van der Waals surface area contributed by atoms with Gasteiger partial charge in [-0.25, -0.2) is 4.79 Å². The van der Waals surface area contributed by atoms with Crippen LogP contribution >= 0.6 is 0 Å². The molecule has 1 aromatic carbocycles. The summed E-state index contributed by atoms with van der Waals surface area (Å²) in [7, 11) is 0. The first-order valence-electron chi connectivity index (χ1n) is 5.96. The molecule has 1 fully saturated rings. The maximum Gasteiger partial charge on any atom is 0.407 e. The summed E-state index contributed by atoms with van der Waals surface area (Å²) in [6.07, 6.45) is 1.43. The summed E-state index contributed by atoms with van der Waals surface area (Å²) < 4.78 is 0. The molecule has 1 heterocycles. The van der Waals surface area contributed by atoms with Crippen molar-refractivity contribution in [3.05, 3.63) is 35.9 Å². The summed E-state index contributed by atoms with van der Waals surface area (Å²) in [5, 5.41) is 9.16. The molecule has 17 heavy (non-hydrogen) atoms. The lowest BCUT2D eigenvalue weighted by molar-refractivity contribution is 0.101. The number of rotatable bonds is 2. The molecule has 0 aliphatic carbocycles. The number of amides is 1. The molecule has 2 atom stereocenters. The third-order valence-corrected chi connectivity index (χ3v) is 3.32. The molecule has 4 nitrogen and oxygen atoms in total. The number of hydrogen-bond acceptors (Lipinski definition) is 2. The normalized spacial score (nSPS) is 24.6. The Morgan fingerprint density at radius 3 is 2.76 bits per heavy atom. The van der Waals surface area contributed by atoms with Gasteiger partial charge in [-0.1, -0.05) is 30.3 Å². The fraction of sp³-hybridized carbons (Fsp3) is 0.462. The predicted molar refractivity (Wildman–Crippen MR) is 65.9 cm³/mol. The highest BCUT2D eigenvalue weighted by molar-refractivity contribution is 5.65. The van der Waals surface area contributed by atoms with E-state index < -0.39 is 6.09 Å². The lowest BCUT2D eigenvalue weighted by atomic mass is 9.93. The first-order chi connectivity index (χ1) is 8.16. The average Bonchev–Trinajstić information content (AvgIpc) is 2.30. The first-order valence-corrected chi connectivity index (χ1v) is 5.96. The molecule has 1 aliphatic heterocycles. The number of benzene rings is 1. The van der Waals surface area contributed by atoms with Gasteiger partial charge in [0.1, 0.15) is 0 Å². The van der Waals surface area contributed by atoms with Crippen LogP contribution in [0.15, 0.2) is 30.3 Å². The number of piperidine rings is 1. The molecule has 0 radical (unpaired) electrons. The largest absolute Gasteiger partial charge is 0.465 e. The zero-order chi connectivity index (χ0) is 12.3. The van der Waals surface area contributed by atoms with Crippen molar-refractivity contribution in [2.75, 3.05) is 6.54 Å². The molecule has 92 valence electrons. The molecule has 1 saturated heterocycles. The van der Waals surface area contributed by atoms with Crippen LogP contribution in [0.2, 0.25) is 0 Å². The Bertz CT molecular complexity index is 380. The van der Waals surface area contributed by atoms with Gasteiger partial charge in [0.05, 0.1) is 0 Å². The summed E-state index contributed by atoms with van der Waals surface area (Å²) >= 11 is 0. The van der Waals surface area contributed by atoms with Gasteiger partial charge in [-0.15, -0.1) is 0 Å². The molecule has 0 aromatic heterocycles. The second-order valence-corrected chi connectivity index (χ2v) is 4.60. The second kappa shape index (κ2) is 5.19. The number of carbonyl (C=O) groups is 1. The molecule has 0 unspecified atom stereocenters. The van der Waals surface area contributed by atoms with Crippen LogP contribution in [0.25, 0.3) is 0 Å². The Balaban J connectivity index is 2.08. The molecule has 3 N–H and O–H groups in total. The van der Waals surface area contributed by atoms with Gasteiger partial charge in [0.2, 0.25) is 0 Å². The van der Waals surface area contributed by atoms with Crippen molar-refractivity contribution in [1.29, 1.82) is 0 Å². The van der Waals surface area contributed by atoms with Gasteiger partial charge in [-0.3, -0.25) is 0 Å². The number of nitrogens with two attached hydrogens (primary N) is 1. The molecule has 1 aromatic rings. The Labute approximate surface area is 101 Å². The van der Waals surface area contributed by atoms with Gasteiger partial charge in [0, 0.05) is 18.6 Å². The van der Waals surface area contributed by atoms with Crippen molar-refractivity contribution in [3.63, 3.8) is 0 Å². The highest BCUT2D eigenvalue weighted by atomic mass is 16.4. The number of likely N-dealkylation sites (tertiary alicyclic amines) is 1. The lowest BCUT2D eigenvalue weighted by Crippen LogP contribution is -2.50. The van der Waals surface area contributed by atoms with Crippen LogP contribution in [-0.4, -0.2) is 34.7 Å². The standard InChI is InChI=1S/C13H18N2O2/c14-11-6-7-15(13(16)17)12(9-11)8-10-4-2-1-3-5-10/h1-5,11-12H,6-9,14H2,(H,16,17)/t11-,12+/m1/s1. The van der Waals surface area contributed by atoms with Crippen LogP contribution in [0.1, 0.15) is 18.4 Å². The van der Waals surface area contributed by atoms with Crippen molar-refractivity contribution in [1.82, 2.24) is 4.90 Å². The van der Waals surface area contributed by atoms with E-state index in [0.29, 0.717) is 6.54 Å². The first kappa shape index (κ1) is 11.9. The molecule has 0 saturated carbocycles. The molecule has 0 spiro atoms. The second-order valence-electron chi connectivity index (χ2n) is 4.60. The summed E-state index contributed by atoms with van der Waals surface area (Å²) in [5.41, 5.74) is 7.09. The van der Waals surface area contributed by atoms with Crippen molar-refractivity contribution in [2.45, 2.75) is 31.3 Å². The Hall–Kier alpha value is -1.55. The zero-order valence-corrected chi connectivity index (χ0v) is 9.75. The summed E-state index contributed by atoms with van der Waals surface area (Å²) in [6.45, 7) is 0.550. The third kappa shape index (κ3) is 2.97. The molecular formula is C13H18N2O2. The molecule has 2 rings (SSSR count). The Morgan fingerprint density at radius 1 is 1.41 bits per heavy atom. The van der Waals surface area contributed by atoms with Gasteiger partial charge in [0.15, 0.2) is 0 Å². The zero-order valence-electron chi connectivity index (χ0n) is 9.75. The highest BCUT2D eigenvalue weighted by Gasteiger charge is 2.29. The van der Waals surface area contributed by atoms with E-state index in [2.05, 4.69) is 0 Å². The minimum atomic E-state index is -0.835. The third-order valence-electron chi connectivity index (χ3n) is 3.32. The average molecular weight is 234 g/mol. The quantitative estimate of drug-likeness (QED) is 0.818. The van der Waals surface area contributed by atoms with E-state index in [1.165, 1.54) is 4.90 Å². The Morgan fingerprint density at radius 2 is 2.12 bits per heavy atom. The van der Waals surface area contributed by atoms with Crippen molar-refractivity contribution >= 4 is 6.09 Å². The molecule has 1 amide bonds. The minimum absolute atomic E-state index is 0.0126. The number of hydrogen-bond donors (Lipinski definition) is 2. The van der Waals surface area contributed by atoms with Crippen LogP contribution < -0.4 is 5.73 Å². The summed E-state index contributed by atoms with van der Waals surface area (Å²) in [6, 6.07) is 10.1. The van der Waals surface area contributed by atoms with Crippen LogP contribution in [0.4, 0.5) is 4.79 Å². The van der Waals surface area contributed by atoms with E-state index in [-0.39, 0.29) is 12.1 Å². The van der Waals surface area contributed by atoms with Gasteiger partial charge in [0.25, 0.3) is 0 Å². The molecule has 4 heteroatoms. The topological polar surface area (TPSA) is 66.6 Å². The fourth-order valence-electron chi connectivity index (χ4n) is 2.41. The van der Waals surface area contributed by atoms with Crippen molar-refractivity contribution in [2.24, 2.45) is 5.73 Å². The molecular weight excluding hydrogens is 216 g/mol. The van der Waals surface area contributed by atoms with Crippen molar-refractivity contribution in [3.8, 4) is 0 Å². The van der Waals surface area contributed by atoms with E-state index in [4.69, 9.17) is 10.8 Å². The van der Waals surface area contributed by atoms with Gasteiger partial charge >= 0.3 is 6.09 Å². The van der Waals surface area contributed by atoms with E-state index in [9.17, 15) is 4.79 Å². The molecule has 1 aliphatic rings. The van der Waals surface area contributed by atoms with Crippen LogP contribution in [-0.2, 0) is 6.42 Å². The number of nitrogens with zero attached hydrogens (tertiary/aromatic N) is 1. The van der Waals surface area contributed by atoms with Crippen LogP contribution in [0.3, 0.4) is 0 Å². The highest BCUT2D eigenvalue weighted by Crippen LogP contribution is 2.20. The van der Waals surface area contributed by atoms with E-state index in [0.717, 1.165) is 24.8 Å². The number of carboxylic acid groups (broad SMARTS) is 1. The maximum absolute atomic E-state index is 11.1. The van der Waals surface area contributed by atoms with Gasteiger partial charge in [-0.2, -0.15) is 0 Å². The monoisotopic (exact) mass is 234 g/mol. The van der Waals surface area contributed by atoms with Gasteiger partial charge in [-0.05, 0) is 24.8 Å². The summed E-state index contributed by atoms with van der Waals surface area (Å²) in [4.78, 5) is 12.7. The maximum atomic E-state index is 11.1. The van der Waals surface area contributed by atoms with Crippen molar-refractivity contribution < 1.29 is 9.90 Å². The minimum Gasteiger partial charge on any atom is -0.465 e. The SMILES string of the molecule is N[C@@H]1CCN(C(=O)O)[C@@H](Cc2ccccc2)C1. The van der Waals surface area contributed by atoms with E-state index in [1.807, 2.05) is 30.3 Å². The van der Waals surface area contributed by atoms with Gasteiger partial charge < -0.3 is 15.7 Å². The Kier molecular flexibility index (Phi) is 3.64. The van der Waals surface area contributed by atoms with Crippen LogP contribution in [0, 0.1) is 0 Å². The lowest BCUT2D eigenvalue weighted by Gasteiger charge is -2.36. The summed E-state index contributed by atoms with van der Waals surface area (Å²) in [5.74, 6) is 0. The van der Waals surface area contributed by atoms with E-state index in [1.54, 1.807) is 0 Å². The molecule has 0 bridgehead atoms. The van der Waals surface area contributed by atoms with Crippen LogP contribution in [0.5, 0.6) is 0 Å².